The quantitative estimate of drug-likeness (QED) is 0.860. The SMILES string of the molecule is CCOC(=O)C1CCN(C(=O)NC2COc3ccccc3C2)CC1. The first-order valence-electron chi connectivity index (χ1n) is 8.60. The van der Waals surface area contributed by atoms with E-state index >= 15 is 0 Å². The second kappa shape index (κ2) is 7.55. The predicted octanol–water partition coefficient (Wildman–Crippen LogP) is 1.97. The number of benzene rings is 1. The molecule has 2 heterocycles. The van der Waals surface area contributed by atoms with E-state index in [4.69, 9.17) is 9.47 Å². The highest BCUT2D eigenvalue weighted by molar-refractivity contribution is 5.76. The number of hydrogen-bond donors (Lipinski definition) is 1. The summed E-state index contributed by atoms with van der Waals surface area (Å²) in [6.07, 6.45) is 2.10. The topological polar surface area (TPSA) is 67.9 Å². The molecule has 2 aliphatic heterocycles. The maximum absolute atomic E-state index is 12.4. The van der Waals surface area contributed by atoms with Crippen molar-refractivity contribution in [2.45, 2.75) is 32.2 Å². The highest BCUT2D eigenvalue weighted by Crippen LogP contribution is 2.24. The highest BCUT2D eigenvalue weighted by atomic mass is 16.5. The zero-order valence-corrected chi connectivity index (χ0v) is 14.0. The Morgan fingerprint density at radius 3 is 2.79 bits per heavy atom. The summed E-state index contributed by atoms with van der Waals surface area (Å²) in [5.74, 6) is 0.673. The number of para-hydroxylation sites is 1. The number of hydrogen-bond acceptors (Lipinski definition) is 4. The fourth-order valence-electron chi connectivity index (χ4n) is 3.27. The normalized spacial score (nSPS) is 20.7. The first kappa shape index (κ1) is 16.6. The predicted molar refractivity (Wildman–Crippen MR) is 88.9 cm³/mol. The number of piperidine rings is 1. The summed E-state index contributed by atoms with van der Waals surface area (Å²) in [5, 5.41) is 3.04. The molecule has 1 saturated heterocycles. The number of esters is 1. The van der Waals surface area contributed by atoms with E-state index in [1.165, 1.54) is 0 Å². The minimum Gasteiger partial charge on any atom is -0.491 e. The van der Waals surface area contributed by atoms with Gasteiger partial charge in [0, 0.05) is 13.1 Å². The van der Waals surface area contributed by atoms with Crippen LogP contribution in [0.25, 0.3) is 0 Å². The number of urea groups is 1. The summed E-state index contributed by atoms with van der Waals surface area (Å²) in [6, 6.07) is 7.81. The van der Waals surface area contributed by atoms with E-state index in [1.54, 1.807) is 4.90 Å². The second-order valence-corrected chi connectivity index (χ2v) is 6.28. The van der Waals surface area contributed by atoms with Crippen LogP contribution in [0.15, 0.2) is 24.3 Å². The van der Waals surface area contributed by atoms with Crippen LogP contribution >= 0.6 is 0 Å². The standard InChI is InChI=1S/C18H24N2O4/c1-2-23-17(21)13-7-9-20(10-8-13)18(22)19-15-11-14-5-3-4-6-16(14)24-12-15/h3-6,13,15H,2,7-12H2,1H3,(H,19,22). The molecule has 0 bridgehead atoms. The Hall–Kier alpha value is -2.24. The Balaban J connectivity index is 1.48. The second-order valence-electron chi connectivity index (χ2n) is 6.28. The van der Waals surface area contributed by atoms with Crippen LogP contribution in [-0.2, 0) is 16.0 Å². The zero-order valence-electron chi connectivity index (χ0n) is 14.0. The molecule has 6 heteroatoms. The monoisotopic (exact) mass is 332 g/mol. The molecule has 1 unspecified atom stereocenters. The van der Waals surface area contributed by atoms with Crippen LogP contribution in [0.3, 0.4) is 0 Å². The Morgan fingerprint density at radius 2 is 2.04 bits per heavy atom. The molecule has 3 rings (SSSR count). The smallest absolute Gasteiger partial charge is 0.317 e. The van der Waals surface area contributed by atoms with Crippen LogP contribution in [0.4, 0.5) is 4.79 Å². The summed E-state index contributed by atoms with van der Waals surface area (Å²) in [4.78, 5) is 25.9. The molecule has 0 saturated carbocycles. The Morgan fingerprint density at radius 1 is 1.29 bits per heavy atom. The fourth-order valence-corrected chi connectivity index (χ4v) is 3.27. The Bertz CT molecular complexity index is 596. The van der Waals surface area contributed by atoms with Gasteiger partial charge in [0.25, 0.3) is 0 Å². The van der Waals surface area contributed by atoms with Gasteiger partial charge < -0.3 is 19.7 Å². The van der Waals surface area contributed by atoms with Crippen LogP contribution in [0, 0.1) is 5.92 Å². The minimum atomic E-state index is -0.144. The molecule has 24 heavy (non-hydrogen) atoms. The van der Waals surface area contributed by atoms with Crippen molar-refractivity contribution in [1.29, 1.82) is 0 Å². The number of ether oxygens (including phenoxy) is 2. The van der Waals surface area contributed by atoms with Gasteiger partial charge in [-0.25, -0.2) is 4.79 Å². The lowest BCUT2D eigenvalue weighted by Gasteiger charge is -2.33. The lowest BCUT2D eigenvalue weighted by atomic mass is 9.97. The van der Waals surface area contributed by atoms with Crippen molar-refractivity contribution in [2.75, 3.05) is 26.3 Å². The van der Waals surface area contributed by atoms with Gasteiger partial charge in [-0.1, -0.05) is 18.2 Å². The number of nitrogens with zero attached hydrogens (tertiary/aromatic N) is 1. The van der Waals surface area contributed by atoms with E-state index in [2.05, 4.69) is 5.32 Å². The van der Waals surface area contributed by atoms with E-state index in [9.17, 15) is 9.59 Å². The summed E-state index contributed by atoms with van der Waals surface area (Å²) >= 11 is 0. The van der Waals surface area contributed by atoms with Gasteiger partial charge >= 0.3 is 12.0 Å². The maximum atomic E-state index is 12.4. The van der Waals surface area contributed by atoms with E-state index in [1.807, 2.05) is 31.2 Å². The summed E-state index contributed by atoms with van der Waals surface area (Å²) in [6.45, 7) is 3.87. The number of carbonyl (C=O) groups is 2. The number of fused-ring (bicyclic) bond motifs is 1. The first-order valence-corrected chi connectivity index (χ1v) is 8.60. The summed E-state index contributed by atoms with van der Waals surface area (Å²) in [5.41, 5.74) is 1.12. The molecule has 0 aromatic heterocycles. The largest absolute Gasteiger partial charge is 0.491 e. The zero-order chi connectivity index (χ0) is 16.9. The van der Waals surface area contributed by atoms with Crippen molar-refractivity contribution in [3.63, 3.8) is 0 Å². The Kier molecular flexibility index (Phi) is 5.23. The number of rotatable bonds is 3. The molecule has 2 aliphatic rings. The van der Waals surface area contributed by atoms with Crippen molar-refractivity contribution < 1.29 is 19.1 Å². The molecule has 0 radical (unpaired) electrons. The first-order chi connectivity index (χ1) is 11.7. The maximum Gasteiger partial charge on any atom is 0.317 e. The number of carbonyl (C=O) groups excluding carboxylic acids is 2. The lowest BCUT2D eigenvalue weighted by molar-refractivity contribution is -0.149. The van der Waals surface area contributed by atoms with Crippen molar-refractivity contribution >= 4 is 12.0 Å². The van der Waals surface area contributed by atoms with Crippen LogP contribution in [-0.4, -0.2) is 49.2 Å². The van der Waals surface area contributed by atoms with Gasteiger partial charge in [0.2, 0.25) is 0 Å². The van der Waals surface area contributed by atoms with Gasteiger partial charge in [-0.15, -0.1) is 0 Å². The summed E-state index contributed by atoms with van der Waals surface area (Å²) < 4.78 is 10.8. The fraction of sp³-hybridized carbons (Fsp3) is 0.556. The van der Waals surface area contributed by atoms with Gasteiger partial charge in [-0.2, -0.15) is 0 Å². The van der Waals surface area contributed by atoms with Crippen molar-refractivity contribution in [3.05, 3.63) is 29.8 Å². The molecular weight excluding hydrogens is 308 g/mol. The number of amides is 2. The molecular formula is C18H24N2O4. The molecule has 1 fully saturated rings. The molecule has 6 nitrogen and oxygen atoms in total. The molecule has 1 aromatic carbocycles. The number of likely N-dealkylation sites (tertiary alicyclic amines) is 1. The van der Waals surface area contributed by atoms with E-state index in [-0.39, 0.29) is 24.0 Å². The highest BCUT2D eigenvalue weighted by Gasteiger charge is 2.29. The molecule has 1 atom stereocenters. The average Bonchev–Trinajstić information content (AvgIpc) is 2.62. The lowest BCUT2D eigenvalue weighted by Crippen LogP contribution is -2.51. The third kappa shape index (κ3) is 3.80. The van der Waals surface area contributed by atoms with Crippen molar-refractivity contribution in [1.82, 2.24) is 10.2 Å². The third-order valence-electron chi connectivity index (χ3n) is 4.61. The van der Waals surface area contributed by atoms with Crippen molar-refractivity contribution in [3.8, 4) is 5.75 Å². The van der Waals surface area contributed by atoms with E-state index in [0.717, 1.165) is 17.7 Å². The molecule has 2 amide bonds. The van der Waals surface area contributed by atoms with Gasteiger partial charge in [0.05, 0.1) is 18.6 Å². The molecule has 0 aliphatic carbocycles. The van der Waals surface area contributed by atoms with Crippen LogP contribution in [0.2, 0.25) is 0 Å². The van der Waals surface area contributed by atoms with Crippen LogP contribution in [0.5, 0.6) is 5.75 Å². The summed E-state index contributed by atoms with van der Waals surface area (Å²) in [7, 11) is 0. The van der Waals surface area contributed by atoms with Crippen LogP contribution in [0.1, 0.15) is 25.3 Å². The molecule has 0 spiro atoms. The van der Waals surface area contributed by atoms with Gasteiger partial charge in [-0.05, 0) is 37.8 Å². The third-order valence-corrected chi connectivity index (χ3v) is 4.61. The van der Waals surface area contributed by atoms with Gasteiger partial charge in [-0.3, -0.25) is 4.79 Å². The van der Waals surface area contributed by atoms with Crippen molar-refractivity contribution in [2.24, 2.45) is 5.92 Å². The average molecular weight is 332 g/mol. The van der Waals surface area contributed by atoms with Gasteiger partial charge in [0.15, 0.2) is 0 Å². The van der Waals surface area contributed by atoms with Gasteiger partial charge in [0.1, 0.15) is 12.4 Å². The van der Waals surface area contributed by atoms with Crippen LogP contribution < -0.4 is 10.1 Å². The molecule has 1 aromatic rings. The van der Waals surface area contributed by atoms with E-state index < -0.39 is 0 Å². The Labute approximate surface area is 142 Å². The van der Waals surface area contributed by atoms with E-state index in [0.29, 0.717) is 39.1 Å². The minimum absolute atomic E-state index is 0.0184. The number of nitrogens with one attached hydrogen (secondary N) is 1. The molecule has 130 valence electrons. The molecule has 1 N–H and O–H groups in total.